The molecule has 1 N–H and O–H groups in total. The minimum Gasteiger partial charge on any atom is -0.778 e. The first-order chi connectivity index (χ1) is 20.6. The average molecular weight is 689 g/mol. The smallest absolute Gasteiger partial charge is 0.778 e. The second kappa shape index (κ2) is 13.5. The number of hydrogen-bond donors (Lipinski definition) is 1. The Morgan fingerprint density at radius 1 is 1.04 bits per heavy atom. The van der Waals surface area contributed by atoms with Crippen LogP contribution in [0, 0.1) is 0 Å². The summed E-state index contributed by atoms with van der Waals surface area (Å²) in [5.74, 6) is -1.02. The summed E-state index contributed by atoms with van der Waals surface area (Å²) in [6, 6.07) is 13.1. The fourth-order valence-corrected chi connectivity index (χ4v) is 7.92. The molecule has 2 aromatic carbocycles. The molecule has 0 bridgehead atoms. The molecule has 7 nitrogen and oxygen atoms in total. The van der Waals surface area contributed by atoms with Crippen LogP contribution < -0.4 is 61.4 Å². The van der Waals surface area contributed by atoms with Crippen LogP contribution in [0.5, 0.6) is 0 Å². The zero-order valence-electron chi connectivity index (χ0n) is 26.6. The minimum atomic E-state index is -4.34. The molecule has 5 rings (SSSR count). The van der Waals surface area contributed by atoms with Gasteiger partial charge in [0.25, 0.3) is 10.1 Å². The fourth-order valence-electron chi connectivity index (χ4n) is 6.64. The van der Waals surface area contributed by atoms with E-state index in [-0.39, 0.29) is 68.1 Å². The molecule has 0 saturated heterocycles. The van der Waals surface area contributed by atoms with Crippen molar-refractivity contribution in [3.05, 3.63) is 87.5 Å². The van der Waals surface area contributed by atoms with Crippen LogP contribution in [-0.4, -0.2) is 47.2 Å². The van der Waals surface area contributed by atoms with Gasteiger partial charge in [-0.25, -0.2) is 0 Å². The fraction of sp³-hybridized carbons (Fsp3) is 0.382. The van der Waals surface area contributed by atoms with E-state index in [2.05, 4.69) is 41.5 Å². The number of para-hydroxylation sites is 1. The Morgan fingerprint density at radius 3 is 2.36 bits per heavy atom. The summed E-state index contributed by atoms with van der Waals surface area (Å²) in [7, 11) is -4.34. The number of rotatable bonds is 10. The van der Waals surface area contributed by atoms with Crippen LogP contribution in [0.3, 0.4) is 0 Å². The van der Waals surface area contributed by atoms with Crippen molar-refractivity contribution in [1.29, 1.82) is 0 Å². The van der Waals surface area contributed by atoms with E-state index in [0.717, 1.165) is 58.9 Å². The summed E-state index contributed by atoms with van der Waals surface area (Å²) in [5.41, 5.74) is 6.95. The standard InChI is InChI=1S/C34H38N2O5S3.K/c1-6-35-27-16-15-21(44(39,40)41)18-25(27)34(4,5)28(35)19-22-31(42)23(32(22)43)20-29-33(2,3)24-12-9-10-13-26(24)36(29)17-11-7-8-14-30(37)38;/h9-10,12-13,15-16,18-20H,6-8,11,14,17H2,1-5H3,(H2-,37,38,39,40,41,42,43);/q;+1/p-1. The maximum atomic E-state index is 11.9. The molecule has 2 aliphatic heterocycles. The van der Waals surface area contributed by atoms with Crippen molar-refractivity contribution < 1.29 is 78.8 Å². The molecule has 0 radical (unpaired) electrons. The average Bonchev–Trinajstić information content (AvgIpc) is 3.31. The number of allylic oxidation sites excluding steroid dienone is 5. The van der Waals surface area contributed by atoms with Crippen LogP contribution in [0.2, 0.25) is 0 Å². The van der Waals surface area contributed by atoms with Crippen molar-refractivity contribution in [1.82, 2.24) is 0 Å². The summed E-state index contributed by atoms with van der Waals surface area (Å²) in [6.07, 6.45) is 6.44. The molecule has 2 heterocycles. The maximum Gasteiger partial charge on any atom is 1.00 e. The number of aliphatic carboxylic acids is 1. The quantitative estimate of drug-likeness (QED) is 0.0774. The van der Waals surface area contributed by atoms with Gasteiger partial charge in [-0.1, -0.05) is 44.3 Å². The van der Waals surface area contributed by atoms with Crippen LogP contribution in [0.1, 0.15) is 71.4 Å². The monoisotopic (exact) mass is 688 g/mol. The Bertz CT molecular complexity index is 1820. The first kappa shape index (κ1) is 36.3. The van der Waals surface area contributed by atoms with Gasteiger partial charge in [0.15, 0.2) is 5.71 Å². The van der Waals surface area contributed by atoms with E-state index < -0.39 is 21.5 Å². The first-order valence-corrected chi connectivity index (χ1v) is 17.1. The van der Waals surface area contributed by atoms with Gasteiger partial charge in [0.1, 0.15) is 6.54 Å². The SMILES string of the molecule is CCN1C(=CC2=C([S-])C(=CC3=[N+](CCCCCC(=O)[O-])c4ccccc4C3(C)C)C2=S)C(C)(C)c2cc(S(=O)(=O)O)ccc21.[K+]. The van der Waals surface area contributed by atoms with Crippen LogP contribution in [-0.2, 0) is 38.4 Å². The number of benzene rings is 2. The first-order valence-electron chi connectivity index (χ1n) is 14.8. The Kier molecular flexibility index (Phi) is 10.9. The van der Waals surface area contributed by atoms with Crippen molar-refractivity contribution in [2.45, 2.75) is 76.0 Å². The third kappa shape index (κ3) is 6.62. The van der Waals surface area contributed by atoms with Gasteiger partial charge in [0.05, 0.1) is 10.3 Å². The predicted molar refractivity (Wildman–Crippen MR) is 178 cm³/mol. The third-order valence-corrected chi connectivity index (χ3v) is 10.8. The Balaban J connectivity index is 0.00000461. The largest absolute Gasteiger partial charge is 1.00 e. The summed E-state index contributed by atoms with van der Waals surface area (Å²) < 4.78 is 35.7. The van der Waals surface area contributed by atoms with Crippen molar-refractivity contribution in [2.24, 2.45) is 0 Å². The number of nitrogens with zero attached hydrogens (tertiary/aromatic N) is 2. The zero-order valence-corrected chi connectivity index (χ0v) is 32.2. The van der Waals surface area contributed by atoms with Gasteiger partial charge >= 0.3 is 51.4 Å². The molecule has 1 aliphatic carbocycles. The Hall–Kier alpha value is -1.54. The number of hydrogen-bond acceptors (Lipinski definition) is 7. The number of unbranched alkanes of at least 4 members (excludes halogenated alkanes) is 2. The van der Waals surface area contributed by atoms with Gasteiger partial charge in [-0.15, -0.1) is 0 Å². The predicted octanol–water partition coefficient (Wildman–Crippen LogP) is 2.44. The molecule has 0 saturated carbocycles. The molecule has 232 valence electrons. The van der Waals surface area contributed by atoms with Crippen LogP contribution in [0.25, 0.3) is 0 Å². The van der Waals surface area contributed by atoms with E-state index in [1.54, 1.807) is 12.1 Å². The van der Waals surface area contributed by atoms with Gasteiger partial charge in [-0.2, -0.15) is 17.9 Å². The molecule has 0 amide bonds. The van der Waals surface area contributed by atoms with E-state index in [4.69, 9.17) is 24.8 Å². The molecule has 3 aliphatic rings. The number of fused-ring (bicyclic) bond motifs is 2. The molecular formula is C34H37KN2O5S3. The Labute approximate surface area is 319 Å². The molecule has 0 spiro atoms. The van der Waals surface area contributed by atoms with Crippen molar-refractivity contribution in [2.75, 3.05) is 18.0 Å². The van der Waals surface area contributed by atoms with Crippen molar-refractivity contribution in [3.63, 3.8) is 0 Å². The summed E-state index contributed by atoms with van der Waals surface area (Å²) in [5, 5.41) is 10.9. The van der Waals surface area contributed by atoms with E-state index in [0.29, 0.717) is 22.7 Å². The van der Waals surface area contributed by atoms with Gasteiger partial charge < -0.3 is 27.4 Å². The van der Waals surface area contributed by atoms with Gasteiger partial charge in [0, 0.05) is 58.3 Å². The molecule has 0 aromatic heterocycles. The second-order valence-electron chi connectivity index (χ2n) is 12.5. The second-order valence-corrected chi connectivity index (χ2v) is 14.8. The van der Waals surface area contributed by atoms with E-state index in [1.807, 2.05) is 39.0 Å². The van der Waals surface area contributed by atoms with Crippen molar-refractivity contribution in [3.8, 4) is 0 Å². The van der Waals surface area contributed by atoms with E-state index in [1.165, 1.54) is 11.6 Å². The number of carboxylic acid groups (broad SMARTS) is 1. The number of carbonyl (C=O) groups excluding carboxylic acids is 1. The van der Waals surface area contributed by atoms with Gasteiger partial charge in [-0.3, -0.25) is 4.55 Å². The van der Waals surface area contributed by atoms with Crippen LogP contribution >= 0.6 is 12.2 Å². The molecule has 45 heavy (non-hydrogen) atoms. The number of anilines is 1. The number of carboxylic acids is 1. The minimum absolute atomic E-state index is 0. The summed E-state index contributed by atoms with van der Waals surface area (Å²) in [6.45, 7) is 11.9. The van der Waals surface area contributed by atoms with E-state index >= 15 is 0 Å². The number of thiocarbonyl (C=S) groups is 1. The molecule has 0 unspecified atom stereocenters. The summed E-state index contributed by atoms with van der Waals surface area (Å²) >= 11 is 11.9. The third-order valence-electron chi connectivity index (χ3n) is 9.08. The van der Waals surface area contributed by atoms with Crippen molar-refractivity contribution >= 4 is 62.9 Å². The molecule has 0 atom stereocenters. The number of carbonyl (C=O) groups is 1. The Morgan fingerprint density at radius 2 is 1.73 bits per heavy atom. The van der Waals surface area contributed by atoms with Crippen LogP contribution in [0.4, 0.5) is 11.4 Å². The zero-order chi connectivity index (χ0) is 32.2. The van der Waals surface area contributed by atoms with Gasteiger partial charge in [-0.05, 0) is 81.0 Å². The maximum absolute atomic E-state index is 11.9. The molecular weight excluding hydrogens is 652 g/mol. The molecule has 0 fully saturated rings. The number of likely N-dealkylation sites (N-methyl/N-ethyl adjacent to an activating group) is 1. The van der Waals surface area contributed by atoms with Gasteiger partial charge in [0.2, 0.25) is 5.69 Å². The van der Waals surface area contributed by atoms with E-state index in [9.17, 15) is 22.9 Å². The molecule has 11 heteroatoms. The normalized spacial score (nSPS) is 20.0. The summed E-state index contributed by atoms with van der Waals surface area (Å²) in [4.78, 5) is 14.2. The van der Waals surface area contributed by atoms with Crippen LogP contribution in [0.15, 0.2) is 81.3 Å². The topological polar surface area (TPSA) is 101 Å². The molecule has 2 aromatic rings.